The lowest BCUT2D eigenvalue weighted by atomic mass is 9.82. The van der Waals surface area contributed by atoms with Crippen LogP contribution in [-0.4, -0.2) is 37.7 Å². The third kappa shape index (κ3) is 3.37. The second-order valence-electron chi connectivity index (χ2n) is 5.55. The summed E-state index contributed by atoms with van der Waals surface area (Å²) in [5, 5.41) is 6.27. The van der Waals surface area contributed by atoms with Gasteiger partial charge in [0.05, 0.1) is 11.1 Å². The molecule has 0 aliphatic heterocycles. The second kappa shape index (κ2) is 8.11. The number of nitrogens with one attached hydrogen (secondary N) is 2. The van der Waals surface area contributed by atoms with Crippen molar-refractivity contribution in [2.45, 2.75) is 0 Å². The van der Waals surface area contributed by atoms with Crippen LogP contribution < -0.4 is 22.1 Å². The molecular weight excluding hydrogens is 340 g/mol. The van der Waals surface area contributed by atoms with Gasteiger partial charge in [-0.3, -0.25) is 9.59 Å². The molecule has 6 N–H and O–H groups in total. The summed E-state index contributed by atoms with van der Waals surface area (Å²) >= 11 is 0. The van der Waals surface area contributed by atoms with E-state index < -0.39 is 0 Å². The van der Waals surface area contributed by atoms with Gasteiger partial charge in [0.2, 0.25) is 0 Å². The van der Waals surface area contributed by atoms with Crippen molar-refractivity contribution in [2.24, 2.45) is 11.5 Å². The average Bonchev–Trinajstić information content (AvgIpc) is 2.62. The van der Waals surface area contributed by atoms with E-state index in [-0.39, 0.29) is 24.0 Å². The van der Waals surface area contributed by atoms with Crippen molar-refractivity contribution >= 4 is 35.3 Å². The normalized spacial score (nSPS) is 12.1. The molecule has 1 aliphatic rings. The molecule has 0 atom stereocenters. The first-order valence-corrected chi connectivity index (χ1v) is 7.92. The van der Waals surface area contributed by atoms with Crippen molar-refractivity contribution < 1.29 is 9.59 Å². The first-order chi connectivity index (χ1) is 11.7. The van der Waals surface area contributed by atoms with E-state index in [9.17, 15) is 9.59 Å². The smallest absolute Gasteiger partial charge is 0.196 e. The number of anilines is 2. The van der Waals surface area contributed by atoms with Crippen LogP contribution in [0.2, 0.25) is 0 Å². The second-order valence-corrected chi connectivity index (χ2v) is 5.55. The Morgan fingerprint density at radius 1 is 0.720 bits per heavy atom. The van der Waals surface area contributed by atoms with Crippen LogP contribution in [0.5, 0.6) is 0 Å². The molecule has 0 saturated heterocycles. The molecule has 0 aromatic heterocycles. The van der Waals surface area contributed by atoms with Crippen molar-refractivity contribution in [1.82, 2.24) is 0 Å². The number of carbonyl (C=O) groups excluding carboxylic acids is 2. The lowest BCUT2D eigenvalue weighted by molar-refractivity contribution is 0.0980. The molecule has 0 bridgehead atoms. The Labute approximate surface area is 152 Å². The summed E-state index contributed by atoms with van der Waals surface area (Å²) in [6.07, 6.45) is 0. The van der Waals surface area contributed by atoms with Gasteiger partial charge in [-0.2, -0.15) is 0 Å². The molecule has 3 rings (SSSR count). The van der Waals surface area contributed by atoms with Gasteiger partial charge in [-0.05, 0) is 12.1 Å². The number of nitrogens with two attached hydrogens (primary N) is 2. The molecule has 132 valence electrons. The molecule has 0 radical (unpaired) electrons. The van der Waals surface area contributed by atoms with E-state index >= 15 is 0 Å². The van der Waals surface area contributed by atoms with Gasteiger partial charge in [-0.25, -0.2) is 0 Å². The van der Waals surface area contributed by atoms with Gasteiger partial charge in [-0.15, -0.1) is 12.4 Å². The van der Waals surface area contributed by atoms with Gasteiger partial charge in [0.1, 0.15) is 0 Å². The Morgan fingerprint density at radius 2 is 1.12 bits per heavy atom. The van der Waals surface area contributed by atoms with Gasteiger partial charge < -0.3 is 22.1 Å². The molecule has 0 unspecified atom stereocenters. The Kier molecular flexibility index (Phi) is 6.14. The monoisotopic (exact) mass is 360 g/mol. The number of carbonyl (C=O) groups is 2. The molecular formula is C18H21ClN4O2. The largest absolute Gasteiger partial charge is 0.383 e. The van der Waals surface area contributed by atoms with Crippen LogP contribution in [0.1, 0.15) is 31.8 Å². The highest BCUT2D eigenvalue weighted by Gasteiger charge is 2.33. The minimum absolute atomic E-state index is 0. The lowest BCUT2D eigenvalue weighted by Gasteiger charge is -2.23. The minimum atomic E-state index is -0.156. The van der Waals surface area contributed by atoms with Crippen LogP contribution in [0, 0.1) is 0 Å². The summed E-state index contributed by atoms with van der Waals surface area (Å²) in [5.41, 5.74) is 14.0. The zero-order valence-electron chi connectivity index (χ0n) is 13.7. The third-order valence-electron chi connectivity index (χ3n) is 4.00. The third-order valence-corrected chi connectivity index (χ3v) is 4.00. The average molecular weight is 361 g/mol. The minimum Gasteiger partial charge on any atom is -0.383 e. The predicted molar refractivity (Wildman–Crippen MR) is 102 cm³/mol. The SMILES string of the molecule is Cl.NCCNc1ccc(NCCN)c2c1C(=O)c1ccccc1C2=O. The van der Waals surface area contributed by atoms with Crippen molar-refractivity contribution in [3.63, 3.8) is 0 Å². The zero-order chi connectivity index (χ0) is 17.1. The van der Waals surface area contributed by atoms with Crippen LogP contribution in [-0.2, 0) is 0 Å². The fourth-order valence-electron chi connectivity index (χ4n) is 2.93. The summed E-state index contributed by atoms with van der Waals surface area (Å²) in [6.45, 7) is 1.90. The van der Waals surface area contributed by atoms with Crippen molar-refractivity contribution in [1.29, 1.82) is 0 Å². The fourth-order valence-corrected chi connectivity index (χ4v) is 2.93. The standard InChI is InChI=1S/C18H20N4O2.ClH/c19-7-9-21-13-5-6-14(22-10-8-20)16-15(13)17(23)11-3-1-2-4-12(11)18(16)24;/h1-6,21-22H,7-10,19-20H2;1H. The van der Waals surface area contributed by atoms with Crippen LogP contribution in [0.25, 0.3) is 0 Å². The zero-order valence-corrected chi connectivity index (χ0v) is 14.5. The maximum Gasteiger partial charge on any atom is 0.196 e. The topological polar surface area (TPSA) is 110 Å². The fraction of sp³-hybridized carbons (Fsp3) is 0.222. The number of fused-ring (bicyclic) bond motifs is 2. The molecule has 2 aromatic rings. The molecule has 0 fully saturated rings. The predicted octanol–water partition coefficient (Wildman–Crippen LogP) is 1.62. The van der Waals surface area contributed by atoms with Gasteiger partial charge in [0.15, 0.2) is 11.6 Å². The molecule has 25 heavy (non-hydrogen) atoms. The van der Waals surface area contributed by atoms with E-state index in [1.807, 2.05) is 0 Å². The van der Waals surface area contributed by atoms with Crippen LogP contribution in [0.15, 0.2) is 36.4 Å². The maximum atomic E-state index is 13.0. The van der Waals surface area contributed by atoms with Gasteiger partial charge >= 0.3 is 0 Å². The van der Waals surface area contributed by atoms with E-state index in [0.717, 1.165) is 0 Å². The number of rotatable bonds is 6. The van der Waals surface area contributed by atoms with Gasteiger partial charge in [0, 0.05) is 48.7 Å². The molecule has 2 aromatic carbocycles. The van der Waals surface area contributed by atoms with E-state index in [1.165, 1.54) is 0 Å². The van der Waals surface area contributed by atoms with Crippen LogP contribution in [0.4, 0.5) is 11.4 Å². The van der Waals surface area contributed by atoms with Crippen molar-refractivity contribution in [3.05, 3.63) is 58.7 Å². The van der Waals surface area contributed by atoms with Gasteiger partial charge in [-0.1, -0.05) is 24.3 Å². The van der Waals surface area contributed by atoms with Crippen LogP contribution >= 0.6 is 12.4 Å². The van der Waals surface area contributed by atoms with Crippen molar-refractivity contribution in [2.75, 3.05) is 36.8 Å². The summed E-state index contributed by atoms with van der Waals surface area (Å²) in [6, 6.07) is 10.5. The highest BCUT2D eigenvalue weighted by atomic mass is 35.5. The van der Waals surface area contributed by atoms with E-state index in [2.05, 4.69) is 10.6 Å². The molecule has 7 heteroatoms. The van der Waals surface area contributed by atoms with E-state index in [1.54, 1.807) is 36.4 Å². The first kappa shape index (κ1) is 18.9. The summed E-state index contributed by atoms with van der Waals surface area (Å²) in [4.78, 5) is 26.0. The Balaban J connectivity index is 0.00000225. The maximum absolute atomic E-state index is 13.0. The highest BCUT2D eigenvalue weighted by molar-refractivity contribution is 6.31. The molecule has 0 amide bonds. The summed E-state index contributed by atoms with van der Waals surface area (Å²) in [7, 11) is 0. The molecule has 0 spiro atoms. The molecule has 6 nitrogen and oxygen atoms in total. The van der Waals surface area contributed by atoms with E-state index in [0.29, 0.717) is 59.8 Å². The van der Waals surface area contributed by atoms with Gasteiger partial charge in [0.25, 0.3) is 0 Å². The first-order valence-electron chi connectivity index (χ1n) is 7.92. The number of halogens is 1. The number of benzene rings is 2. The Hall–Kier alpha value is -2.41. The summed E-state index contributed by atoms with van der Waals surface area (Å²) < 4.78 is 0. The number of hydrogen-bond acceptors (Lipinski definition) is 6. The Morgan fingerprint density at radius 3 is 1.48 bits per heavy atom. The molecule has 1 aliphatic carbocycles. The number of hydrogen-bond donors (Lipinski definition) is 4. The molecule has 0 saturated carbocycles. The number of ketones is 2. The lowest BCUT2D eigenvalue weighted by Crippen LogP contribution is -2.26. The quantitative estimate of drug-likeness (QED) is 0.531. The van der Waals surface area contributed by atoms with E-state index in [4.69, 9.17) is 11.5 Å². The van der Waals surface area contributed by atoms with Crippen LogP contribution in [0.3, 0.4) is 0 Å². The van der Waals surface area contributed by atoms with Crippen molar-refractivity contribution in [3.8, 4) is 0 Å². The molecule has 0 heterocycles. The summed E-state index contributed by atoms with van der Waals surface area (Å²) in [5.74, 6) is -0.313. The Bertz CT molecular complexity index is 742. The highest BCUT2D eigenvalue weighted by Crippen LogP contribution is 2.36.